The Labute approximate surface area is 109 Å². The van der Waals surface area contributed by atoms with E-state index in [1.807, 2.05) is 0 Å². The van der Waals surface area contributed by atoms with E-state index < -0.39 is 36.8 Å². The predicted molar refractivity (Wildman–Crippen MR) is 68.0 cm³/mol. The fourth-order valence-corrected chi connectivity index (χ4v) is 1.71. The van der Waals surface area contributed by atoms with E-state index >= 15 is 0 Å². The summed E-state index contributed by atoms with van der Waals surface area (Å²) in [6.45, 7) is 1.36. The van der Waals surface area contributed by atoms with Gasteiger partial charge in [-0.05, 0) is 25.5 Å². The standard InChI is InChI=1S/C12H18N2O5/c1-7-3-8(2)13-10(18)9(7)11(19)14-12(4-15,5-16)6-17/h3,15-17H,4-6H2,1-2H3,(H,13,18)(H,14,19). The smallest absolute Gasteiger partial charge is 0.261 e. The van der Waals surface area contributed by atoms with Gasteiger partial charge in [-0.1, -0.05) is 0 Å². The van der Waals surface area contributed by atoms with Crippen molar-refractivity contribution in [3.05, 3.63) is 33.2 Å². The second-order valence-electron chi connectivity index (χ2n) is 4.55. The molecule has 0 aliphatic heterocycles. The van der Waals surface area contributed by atoms with Crippen LogP contribution in [0.5, 0.6) is 0 Å². The number of pyridine rings is 1. The molecular formula is C12H18N2O5. The van der Waals surface area contributed by atoms with Gasteiger partial charge >= 0.3 is 0 Å². The highest BCUT2D eigenvalue weighted by Gasteiger charge is 2.31. The van der Waals surface area contributed by atoms with Gasteiger partial charge < -0.3 is 25.6 Å². The number of carbonyl (C=O) groups is 1. The van der Waals surface area contributed by atoms with E-state index in [1.54, 1.807) is 19.9 Å². The van der Waals surface area contributed by atoms with Crippen LogP contribution in [0.4, 0.5) is 0 Å². The molecule has 19 heavy (non-hydrogen) atoms. The number of aryl methyl sites for hydroxylation is 2. The van der Waals surface area contributed by atoms with Crippen molar-refractivity contribution in [2.45, 2.75) is 19.4 Å². The molecule has 0 aromatic carbocycles. The van der Waals surface area contributed by atoms with Crippen LogP contribution < -0.4 is 10.9 Å². The second-order valence-corrected chi connectivity index (χ2v) is 4.55. The SMILES string of the molecule is Cc1cc(C)c(C(=O)NC(CO)(CO)CO)c(=O)[nH]1. The molecule has 1 amide bonds. The van der Waals surface area contributed by atoms with Gasteiger partial charge in [0.05, 0.1) is 19.8 Å². The van der Waals surface area contributed by atoms with Gasteiger partial charge in [0.15, 0.2) is 0 Å². The molecule has 1 rings (SSSR count). The largest absolute Gasteiger partial charge is 0.394 e. The minimum atomic E-state index is -1.55. The molecule has 0 fully saturated rings. The van der Waals surface area contributed by atoms with Crippen LogP contribution in [0.15, 0.2) is 10.9 Å². The number of nitrogens with one attached hydrogen (secondary N) is 2. The topological polar surface area (TPSA) is 123 Å². The molecule has 7 heteroatoms. The quantitative estimate of drug-likeness (QED) is 0.443. The van der Waals surface area contributed by atoms with E-state index in [0.717, 1.165) is 0 Å². The molecule has 1 heterocycles. The number of aromatic amines is 1. The number of rotatable bonds is 5. The number of hydrogen-bond acceptors (Lipinski definition) is 5. The molecule has 0 aliphatic carbocycles. The second kappa shape index (κ2) is 5.96. The maximum Gasteiger partial charge on any atom is 0.261 e. The summed E-state index contributed by atoms with van der Waals surface area (Å²) in [7, 11) is 0. The highest BCUT2D eigenvalue weighted by molar-refractivity contribution is 5.95. The Balaban J connectivity index is 3.12. The van der Waals surface area contributed by atoms with E-state index in [9.17, 15) is 9.59 Å². The number of H-pyrrole nitrogens is 1. The van der Waals surface area contributed by atoms with Crippen LogP contribution in [-0.4, -0.2) is 51.6 Å². The summed E-state index contributed by atoms with van der Waals surface area (Å²) in [6.07, 6.45) is 0. The number of carbonyl (C=O) groups excluding carboxylic acids is 1. The molecule has 1 aromatic rings. The zero-order valence-corrected chi connectivity index (χ0v) is 10.9. The molecule has 0 radical (unpaired) electrons. The fraction of sp³-hybridized carbons (Fsp3) is 0.500. The number of hydrogen-bond donors (Lipinski definition) is 5. The van der Waals surface area contributed by atoms with E-state index in [4.69, 9.17) is 15.3 Å². The fourth-order valence-electron chi connectivity index (χ4n) is 1.71. The Bertz CT molecular complexity index is 511. The molecule has 0 aliphatic rings. The summed E-state index contributed by atoms with van der Waals surface area (Å²) in [5.74, 6) is -0.754. The molecule has 0 bridgehead atoms. The van der Waals surface area contributed by atoms with E-state index in [-0.39, 0.29) is 5.56 Å². The van der Waals surface area contributed by atoms with Gasteiger partial charge in [0.25, 0.3) is 11.5 Å². The Hall–Kier alpha value is -1.70. The Morgan fingerprint density at radius 2 is 1.79 bits per heavy atom. The third kappa shape index (κ3) is 3.19. The first-order chi connectivity index (χ1) is 8.89. The van der Waals surface area contributed by atoms with Crippen molar-refractivity contribution in [3.8, 4) is 0 Å². The van der Waals surface area contributed by atoms with Gasteiger partial charge in [0.1, 0.15) is 11.1 Å². The van der Waals surface area contributed by atoms with E-state index in [1.165, 1.54) is 0 Å². The highest BCUT2D eigenvalue weighted by Crippen LogP contribution is 2.07. The van der Waals surface area contributed by atoms with Crippen LogP contribution in [0, 0.1) is 13.8 Å². The van der Waals surface area contributed by atoms with Crippen molar-refractivity contribution in [1.82, 2.24) is 10.3 Å². The molecule has 0 spiro atoms. The summed E-state index contributed by atoms with van der Waals surface area (Å²) in [6, 6.07) is 1.63. The van der Waals surface area contributed by atoms with Gasteiger partial charge in [0, 0.05) is 5.69 Å². The van der Waals surface area contributed by atoms with Gasteiger partial charge in [-0.15, -0.1) is 0 Å². The normalized spacial score (nSPS) is 11.4. The molecule has 5 N–H and O–H groups in total. The van der Waals surface area contributed by atoms with Crippen molar-refractivity contribution >= 4 is 5.91 Å². The molecule has 0 atom stereocenters. The maximum atomic E-state index is 12.0. The molecular weight excluding hydrogens is 252 g/mol. The maximum absolute atomic E-state index is 12.0. The lowest BCUT2D eigenvalue weighted by molar-refractivity contribution is 0.0374. The first-order valence-corrected chi connectivity index (χ1v) is 5.74. The lowest BCUT2D eigenvalue weighted by atomic mass is 10.0. The van der Waals surface area contributed by atoms with E-state index in [0.29, 0.717) is 11.3 Å². The van der Waals surface area contributed by atoms with Crippen LogP contribution in [0.2, 0.25) is 0 Å². The van der Waals surface area contributed by atoms with Crippen molar-refractivity contribution in [2.75, 3.05) is 19.8 Å². The minimum Gasteiger partial charge on any atom is -0.394 e. The Kier molecular flexibility index (Phi) is 4.82. The Morgan fingerprint density at radius 1 is 1.26 bits per heavy atom. The zero-order chi connectivity index (χ0) is 14.6. The minimum absolute atomic E-state index is 0.106. The van der Waals surface area contributed by atoms with Crippen LogP contribution in [0.25, 0.3) is 0 Å². The molecule has 0 saturated heterocycles. The summed E-state index contributed by atoms with van der Waals surface area (Å²) in [4.78, 5) is 26.3. The highest BCUT2D eigenvalue weighted by atomic mass is 16.3. The molecule has 0 unspecified atom stereocenters. The van der Waals surface area contributed by atoms with Crippen molar-refractivity contribution in [1.29, 1.82) is 0 Å². The third-order valence-corrected chi connectivity index (χ3v) is 2.88. The van der Waals surface area contributed by atoms with Crippen LogP contribution in [0.1, 0.15) is 21.6 Å². The van der Waals surface area contributed by atoms with Crippen LogP contribution in [-0.2, 0) is 0 Å². The molecule has 1 aromatic heterocycles. The third-order valence-electron chi connectivity index (χ3n) is 2.88. The van der Waals surface area contributed by atoms with Gasteiger partial charge in [-0.3, -0.25) is 9.59 Å². The summed E-state index contributed by atoms with van der Waals surface area (Å²) in [5.41, 5.74) is -1.12. The number of amides is 1. The number of aromatic nitrogens is 1. The van der Waals surface area contributed by atoms with Gasteiger partial charge in [-0.2, -0.15) is 0 Å². The lowest BCUT2D eigenvalue weighted by Gasteiger charge is -2.28. The van der Waals surface area contributed by atoms with Crippen molar-refractivity contribution in [2.24, 2.45) is 0 Å². The van der Waals surface area contributed by atoms with Crippen molar-refractivity contribution in [3.63, 3.8) is 0 Å². The summed E-state index contributed by atoms with van der Waals surface area (Å²) < 4.78 is 0. The number of aliphatic hydroxyl groups excluding tert-OH is 3. The van der Waals surface area contributed by atoms with E-state index in [2.05, 4.69) is 10.3 Å². The van der Waals surface area contributed by atoms with Gasteiger partial charge in [-0.25, -0.2) is 0 Å². The molecule has 7 nitrogen and oxygen atoms in total. The summed E-state index contributed by atoms with van der Waals surface area (Å²) in [5, 5.41) is 29.7. The average molecular weight is 270 g/mol. The van der Waals surface area contributed by atoms with Crippen LogP contribution >= 0.6 is 0 Å². The molecule has 106 valence electrons. The summed E-state index contributed by atoms with van der Waals surface area (Å²) >= 11 is 0. The van der Waals surface area contributed by atoms with Crippen LogP contribution in [0.3, 0.4) is 0 Å². The first-order valence-electron chi connectivity index (χ1n) is 5.74. The number of aliphatic hydroxyl groups is 3. The monoisotopic (exact) mass is 270 g/mol. The van der Waals surface area contributed by atoms with Crippen molar-refractivity contribution < 1.29 is 20.1 Å². The molecule has 0 saturated carbocycles. The Morgan fingerprint density at radius 3 is 2.21 bits per heavy atom. The first kappa shape index (κ1) is 15.4. The lowest BCUT2D eigenvalue weighted by Crippen LogP contribution is -2.57. The zero-order valence-electron chi connectivity index (χ0n) is 10.9. The predicted octanol–water partition coefficient (Wildman–Crippen LogP) is -1.56. The average Bonchev–Trinajstić information content (AvgIpc) is 2.35. The van der Waals surface area contributed by atoms with Gasteiger partial charge in [0.2, 0.25) is 0 Å².